The zero-order chi connectivity index (χ0) is 21.1. The molecule has 2 fully saturated rings. The van der Waals surface area contributed by atoms with Crippen LogP contribution in [0.4, 0.5) is 0 Å². The van der Waals surface area contributed by atoms with Gasteiger partial charge in [-0.05, 0) is 91.9 Å². The summed E-state index contributed by atoms with van der Waals surface area (Å²) in [6, 6.07) is 13.2. The van der Waals surface area contributed by atoms with E-state index in [1.807, 2.05) is 0 Å². The van der Waals surface area contributed by atoms with E-state index in [9.17, 15) is 4.79 Å². The van der Waals surface area contributed by atoms with Gasteiger partial charge < -0.3 is 14.7 Å². The fourth-order valence-corrected chi connectivity index (χ4v) is 4.99. The first-order valence-corrected chi connectivity index (χ1v) is 11.6. The van der Waals surface area contributed by atoms with Gasteiger partial charge in [0.1, 0.15) is 5.75 Å². The summed E-state index contributed by atoms with van der Waals surface area (Å²) >= 11 is 0. The molecule has 2 aromatic rings. The van der Waals surface area contributed by atoms with Crippen LogP contribution in [0.2, 0.25) is 0 Å². The van der Waals surface area contributed by atoms with E-state index in [0.717, 1.165) is 69.3 Å². The van der Waals surface area contributed by atoms with Crippen molar-refractivity contribution < 1.29 is 14.6 Å². The van der Waals surface area contributed by atoms with Gasteiger partial charge in [-0.25, -0.2) is 0 Å². The average Bonchev–Trinajstić information content (AvgIpc) is 2.75. The molecular formula is C26H35NO3. The van der Waals surface area contributed by atoms with Crippen LogP contribution in [-0.4, -0.2) is 41.7 Å². The van der Waals surface area contributed by atoms with Crippen molar-refractivity contribution in [1.82, 2.24) is 4.90 Å². The number of benzene rings is 2. The molecule has 1 N–H and O–H groups in total. The van der Waals surface area contributed by atoms with Gasteiger partial charge in [-0.3, -0.25) is 4.79 Å². The number of nitrogens with zero attached hydrogens (tertiary/aromatic N) is 1. The standard InChI is InChI=1S/C26H35NO3/c1-18-3-7-24(15-19(18)2)30-25-8-6-22-16-20(4-5-23(22)17-25)9-12-27-13-10-21(11-14-27)26(28)29/h4-6,8,16-19,21,24H,3,7,9-15H2,1-2H3,(H,28,29). The van der Waals surface area contributed by atoms with Crippen molar-refractivity contribution in [2.24, 2.45) is 17.8 Å². The summed E-state index contributed by atoms with van der Waals surface area (Å²) < 4.78 is 6.32. The topological polar surface area (TPSA) is 49.8 Å². The number of hydrogen-bond acceptors (Lipinski definition) is 3. The molecule has 162 valence electrons. The van der Waals surface area contributed by atoms with E-state index in [1.165, 1.54) is 22.8 Å². The number of hydrogen-bond donors (Lipinski definition) is 1. The van der Waals surface area contributed by atoms with Crippen LogP contribution in [0.15, 0.2) is 36.4 Å². The lowest BCUT2D eigenvalue weighted by Gasteiger charge is -2.32. The molecule has 2 aromatic carbocycles. The molecule has 30 heavy (non-hydrogen) atoms. The van der Waals surface area contributed by atoms with Gasteiger partial charge >= 0.3 is 5.97 Å². The van der Waals surface area contributed by atoms with Crippen molar-refractivity contribution in [3.63, 3.8) is 0 Å². The number of likely N-dealkylation sites (tertiary alicyclic amines) is 1. The predicted molar refractivity (Wildman–Crippen MR) is 121 cm³/mol. The van der Waals surface area contributed by atoms with Crippen molar-refractivity contribution in [3.05, 3.63) is 42.0 Å². The molecule has 0 spiro atoms. The van der Waals surface area contributed by atoms with E-state index in [2.05, 4.69) is 55.1 Å². The maximum Gasteiger partial charge on any atom is 0.306 e. The lowest BCUT2D eigenvalue weighted by atomic mass is 9.80. The highest BCUT2D eigenvalue weighted by atomic mass is 16.5. The average molecular weight is 410 g/mol. The van der Waals surface area contributed by atoms with Gasteiger partial charge in [0.2, 0.25) is 0 Å². The summed E-state index contributed by atoms with van der Waals surface area (Å²) in [5.41, 5.74) is 1.34. The molecule has 1 saturated carbocycles. The van der Waals surface area contributed by atoms with E-state index in [0.29, 0.717) is 6.10 Å². The van der Waals surface area contributed by atoms with Crippen molar-refractivity contribution in [3.8, 4) is 5.75 Å². The van der Waals surface area contributed by atoms with Crippen molar-refractivity contribution >= 4 is 16.7 Å². The van der Waals surface area contributed by atoms with Crippen molar-refractivity contribution in [2.75, 3.05) is 19.6 Å². The Balaban J connectivity index is 1.32. The zero-order valence-corrected chi connectivity index (χ0v) is 18.3. The Kier molecular flexibility index (Phi) is 6.62. The largest absolute Gasteiger partial charge is 0.490 e. The Hall–Kier alpha value is -2.07. The first-order valence-electron chi connectivity index (χ1n) is 11.6. The Bertz CT molecular complexity index is 872. The van der Waals surface area contributed by atoms with Gasteiger partial charge in [0.25, 0.3) is 0 Å². The molecule has 0 radical (unpaired) electrons. The molecule has 0 amide bonds. The molecule has 1 saturated heterocycles. The molecule has 1 heterocycles. The molecule has 1 aliphatic heterocycles. The van der Waals surface area contributed by atoms with Gasteiger partial charge in [0.15, 0.2) is 0 Å². The minimum atomic E-state index is -0.639. The van der Waals surface area contributed by atoms with Crippen molar-refractivity contribution in [2.45, 2.75) is 58.5 Å². The van der Waals surface area contributed by atoms with E-state index in [-0.39, 0.29) is 5.92 Å². The molecule has 3 atom stereocenters. The van der Waals surface area contributed by atoms with Gasteiger partial charge in [0.05, 0.1) is 12.0 Å². The van der Waals surface area contributed by atoms with Crippen LogP contribution in [-0.2, 0) is 11.2 Å². The second-order valence-corrected chi connectivity index (χ2v) is 9.55. The summed E-state index contributed by atoms with van der Waals surface area (Å²) in [5, 5.41) is 11.6. The van der Waals surface area contributed by atoms with Crippen LogP contribution in [0.1, 0.15) is 51.5 Å². The molecule has 4 nitrogen and oxygen atoms in total. The summed E-state index contributed by atoms with van der Waals surface area (Å²) in [5.74, 6) is 1.74. The number of carboxylic acids is 1. The van der Waals surface area contributed by atoms with Crippen LogP contribution in [0.5, 0.6) is 5.75 Å². The normalized spacial score (nSPS) is 26.0. The second kappa shape index (κ2) is 9.38. The van der Waals surface area contributed by atoms with Crippen molar-refractivity contribution in [1.29, 1.82) is 0 Å². The van der Waals surface area contributed by atoms with E-state index in [4.69, 9.17) is 9.84 Å². The lowest BCUT2D eigenvalue weighted by molar-refractivity contribution is -0.143. The Labute approximate surface area is 180 Å². The van der Waals surface area contributed by atoms with Crippen LogP contribution >= 0.6 is 0 Å². The Morgan fingerprint density at radius 2 is 1.73 bits per heavy atom. The number of ether oxygens (including phenoxy) is 1. The van der Waals surface area contributed by atoms with E-state index >= 15 is 0 Å². The quantitative estimate of drug-likeness (QED) is 0.696. The van der Waals surface area contributed by atoms with E-state index in [1.54, 1.807) is 0 Å². The van der Waals surface area contributed by atoms with E-state index < -0.39 is 5.97 Å². The second-order valence-electron chi connectivity index (χ2n) is 9.55. The number of piperidine rings is 1. The van der Waals surface area contributed by atoms with Crippen LogP contribution < -0.4 is 4.74 Å². The molecule has 2 aliphatic rings. The first kappa shape index (κ1) is 21.2. The van der Waals surface area contributed by atoms with Crippen LogP contribution in [0, 0.1) is 17.8 Å². The fraction of sp³-hybridized carbons (Fsp3) is 0.577. The highest BCUT2D eigenvalue weighted by Gasteiger charge is 2.26. The van der Waals surface area contributed by atoms with Gasteiger partial charge in [-0.15, -0.1) is 0 Å². The minimum Gasteiger partial charge on any atom is -0.490 e. The number of carboxylic acid groups (broad SMARTS) is 1. The fourth-order valence-electron chi connectivity index (χ4n) is 4.99. The Morgan fingerprint density at radius 3 is 2.47 bits per heavy atom. The van der Waals surface area contributed by atoms with Crippen LogP contribution in [0.25, 0.3) is 10.8 Å². The molecule has 0 aromatic heterocycles. The number of aliphatic carboxylic acids is 1. The highest BCUT2D eigenvalue weighted by molar-refractivity contribution is 5.84. The number of carbonyl (C=O) groups is 1. The number of fused-ring (bicyclic) bond motifs is 1. The monoisotopic (exact) mass is 409 g/mol. The summed E-state index contributed by atoms with van der Waals surface area (Å²) in [4.78, 5) is 13.5. The highest BCUT2D eigenvalue weighted by Crippen LogP contribution is 2.32. The third-order valence-corrected chi connectivity index (χ3v) is 7.38. The number of rotatable bonds is 6. The summed E-state index contributed by atoms with van der Waals surface area (Å²) in [7, 11) is 0. The molecular weight excluding hydrogens is 374 g/mol. The predicted octanol–water partition coefficient (Wildman–Crippen LogP) is 5.38. The van der Waals surface area contributed by atoms with Gasteiger partial charge in [-0.2, -0.15) is 0 Å². The summed E-state index contributed by atoms with van der Waals surface area (Å²) in [6.45, 7) is 7.48. The first-order chi connectivity index (χ1) is 14.5. The molecule has 4 heteroatoms. The lowest BCUT2D eigenvalue weighted by Crippen LogP contribution is -2.37. The molecule has 1 aliphatic carbocycles. The Morgan fingerprint density at radius 1 is 1.00 bits per heavy atom. The maximum absolute atomic E-state index is 11.1. The SMILES string of the molecule is CC1CCC(Oc2ccc3cc(CCN4CCC(C(=O)O)CC4)ccc3c2)CC1C. The molecule has 4 rings (SSSR count). The maximum atomic E-state index is 11.1. The third-order valence-electron chi connectivity index (χ3n) is 7.38. The van der Waals surface area contributed by atoms with Gasteiger partial charge in [0, 0.05) is 6.54 Å². The third kappa shape index (κ3) is 5.15. The molecule has 3 unspecified atom stereocenters. The zero-order valence-electron chi connectivity index (χ0n) is 18.3. The molecule has 0 bridgehead atoms. The smallest absolute Gasteiger partial charge is 0.306 e. The summed E-state index contributed by atoms with van der Waals surface area (Å²) in [6.07, 6.45) is 6.47. The minimum absolute atomic E-state index is 0.154. The van der Waals surface area contributed by atoms with Gasteiger partial charge in [-0.1, -0.05) is 38.1 Å². The van der Waals surface area contributed by atoms with Crippen LogP contribution in [0.3, 0.4) is 0 Å².